The summed E-state index contributed by atoms with van der Waals surface area (Å²) in [5, 5.41) is 19.7. The normalized spacial score (nSPS) is 15.1. The summed E-state index contributed by atoms with van der Waals surface area (Å²) in [6.07, 6.45) is 6.11. The van der Waals surface area contributed by atoms with E-state index in [2.05, 4.69) is 17.1 Å². The van der Waals surface area contributed by atoms with Crippen molar-refractivity contribution in [2.24, 2.45) is 0 Å². The molecule has 1 aromatic heterocycles. The van der Waals surface area contributed by atoms with Crippen LogP contribution in [0, 0.1) is 5.82 Å². The van der Waals surface area contributed by atoms with Crippen LogP contribution in [0.2, 0.25) is 0 Å². The summed E-state index contributed by atoms with van der Waals surface area (Å²) in [5.74, 6) is -1.19. The maximum atomic E-state index is 14.1. The molecule has 1 N–H and O–H groups in total. The van der Waals surface area contributed by atoms with E-state index in [1.54, 1.807) is 48.5 Å². The highest BCUT2D eigenvalue weighted by atomic mass is 32.2. The van der Waals surface area contributed by atoms with Crippen LogP contribution in [-0.4, -0.2) is 33.6 Å². The maximum absolute atomic E-state index is 14.1. The molecule has 10 heteroatoms. The van der Waals surface area contributed by atoms with Crippen LogP contribution in [0.1, 0.15) is 48.9 Å². The molecular formula is C33H30FN3O4S2. The number of ether oxygens (including phenoxy) is 1. The number of thioether (sulfide) groups is 1. The van der Waals surface area contributed by atoms with E-state index in [0.717, 1.165) is 36.2 Å². The van der Waals surface area contributed by atoms with E-state index in [0.29, 0.717) is 33.6 Å². The van der Waals surface area contributed by atoms with Crippen molar-refractivity contribution >= 4 is 46.0 Å². The molecule has 0 bridgehead atoms. The molecular weight excluding hydrogens is 586 g/mol. The number of carbonyl (C=O) groups excluding carboxylic acids is 2. The summed E-state index contributed by atoms with van der Waals surface area (Å²) >= 11 is 2.42. The Balaban J connectivity index is 1.43. The summed E-state index contributed by atoms with van der Waals surface area (Å²) in [6.45, 7) is 2.72. The number of halogens is 1. The first-order valence-electron chi connectivity index (χ1n) is 13.9. The number of anilines is 1. The van der Waals surface area contributed by atoms with E-state index in [1.165, 1.54) is 28.8 Å². The first-order valence-corrected chi connectivity index (χ1v) is 15.7. The second-order valence-electron chi connectivity index (χ2n) is 9.80. The number of aliphatic hydroxyl groups excluding tert-OH is 1. The average Bonchev–Trinajstić information content (AvgIpc) is 3.60. The van der Waals surface area contributed by atoms with Crippen LogP contribution in [0.15, 0.2) is 101 Å². The van der Waals surface area contributed by atoms with Crippen molar-refractivity contribution in [2.45, 2.75) is 42.3 Å². The standard InChI is InChI=1S/C33H30FN3O4S2/c1-2-3-9-20-41-25-17-15-23(16-18-25)29-28(27(38)19-14-22-10-5-4-6-11-22)30(39)31(40)37(29)32-35-36-33(43-32)42-21-24-12-7-8-13-26(24)34/h4-8,10-19,29,39H,2-3,9,20-21H2,1H3. The third-order valence-corrected chi connectivity index (χ3v) is 8.93. The van der Waals surface area contributed by atoms with Gasteiger partial charge in [0.25, 0.3) is 5.91 Å². The Hall–Kier alpha value is -4.28. The van der Waals surface area contributed by atoms with E-state index in [9.17, 15) is 19.1 Å². The summed E-state index contributed by atoms with van der Waals surface area (Å²) in [6, 6.07) is 22.0. The molecule has 0 saturated heterocycles. The SMILES string of the molecule is CCCCCOc1ccc(C2C(C(=O)C=Cc3ccccc3)=C(O)C(=O)N2c2nnc(SCc3ccccc3F)s2)cc1. The van der Waals surface area contributed by atoms with Crippen LogP contribution >= 0.6 is 23.1 Å². The van der Waals surface area contributed by atoms with Gasteiger partial charge in [-0.1, -0.05) is 110 Å². The third kappa shape index (κ3) is 7.21. The Labute approximate surface area is 257 Å². The number of hydrogen-bond donors (Lipinski definition) is 1. The molecule has 0 saturated carbocycles. The Morgan fingerprint density at radius 3 is 2.53 bits per heavy atom. The van der Waals surface area contributed by atoms with E-state index >= 15 is 0 Å². The van der Waals surface area contributed by atoms with E-state index in [1.807, 2.05) is 30.3 Å². The van der Waals surface area contributed by atoms with Crippen LogP contribution in [0.3, 0.4) is 0 Å². The van der Waals surface area contributed by atoms with E-state index in [-0.39, 0.29) is 16.5 Å². The lowest BCUT2D eigenvalue weighted by molar-refractivity contribution is -0.117. The quantitative estimate of drug-likeness (QED) is 0.0712. The third-order valence-electron chi connectivity index (χ3n) is 6.82. The topological polar surface area (TPSA) is 92.6 Å². The summed E-state index contributed by atoms with van der Waals surface area (Å²) in [7, 11) is 0. The van der Waals surface area contributed by atoms with Crippen molar-refractivity contribution < 1.29 is 23.8 Å². The summed E-state index contributed by atoms with van der Waals surface area (Å²) < 4.78 is 20.5. The van der Waals surface area contributed by atoms with Gasteiger partial charge in [0.2, 0.25) is 5.13 Å². The van der Waals surface area contributed by atoms with Crippen LogP contribution in [0.4, 0.5) is 9.52 Å². The zero-order chi connectivity index (χ0) is 30.2. The number of carbonyl (C=O) groups is 2. The number of benzene rings is 3. The van der Waals surface area contributed by atoms with Crippen molar-refractivity contribution in [2.75, 3.05) is 11.5 Å². The van der Waals surface area contributed by atoms with Crippen LogP contribution < -0.4 is 9.64 Å². The molecule has 0 fully saturated rings. The van der Waals surface area contributed by atoms with Crippen LogP contribution in [-0.2, 0) is 15.3 Å². The zero-order valence-corrected chi connectivity index (χ0v) is 25.1. The molecule has 1 unspecified atom stereocenters. The minimum atomic E-state index is -0.938. The highest BCUT2D eigenvalue weighted by molar-refractivity contribution is 8.00. The lowest BCUT2D eigenvalue weighted by Crippen LogP contribution is -2.30. The molecule has 0 aliphatic carbocycles. The highest BCUT2D eigenvalue weighted by Gasteiger charge is 2.45. The smallest absolute Gasteiger partial charge is 0.296 e. The van der Waals surface area contributed by atoms with Gasteiger partial charge in [0.15, 0.2) is 15.9 Å². The molecule has 5 rings (SSSR count). The van der Waals surface area contributed by atoms with Gasteiger partial charge in [-0.25, -0.2) is 4.39 Å². The number of rotatable bonds is 13. The molecule has 0 radical (unpaired) electrons. The molecule has 2 heterocycles. The van der Waals surface area contributed by atoms with Crippen molar-refractivity contribution in [3.63, 3.8) is 0 Å². The minimum absolute atomic E-state index is 0.0513. The lowest BCUT2D eigenvalue weighted by Gasteiger charge is -2.24. The number of nitrogens with zero attached hydrogens (tertiary/aromatic N) is 3. The van der Waals surface area contributed by atoms with E-state index in [4.69, 9.17) is 4.74 Å². The summed E-state index contributed by atoms with van der Waals surface area (Å²) in [4.78, 5) is 28.3. The van der Waals surface area contributed by atoms with Gasteiger partial charge in [-0.05, 0) is 47.4 Å². The van der Waals surface area contributed by atoms with Gasteiger partial charge in [-0.2, -0.15) is 0 Å². The maximum Gasteiger partial charge on any atom is 0.296 e. The van der Waals surface area contributed by atoms with Crippen molar-refractivity contribution in [3.05, 3.63) is 119 Å². The second-order valence-corrected chi connectivity index (χ2v) is 12.0. The Morgan fingerprint density at radius 2 is 1.79 bits per heavy atom. The van der Waals surface area contributed by atoms with Crippen molar-refractivity contribution in [1.82, 2.24) is 10.2 Å². The van der Waals surface area contributed by atoms with Crippen molar-refractivity contribution in [1.29, 1.82) is 0 Å². The Kier molecular flexibility index (Phi) is 10.0. The number of aromatic nitrogens is 2. The predicted molar refractivity (Wildman–Crippen MR) is 168 cm³/mol. The number of hydrogen-bond acceptors (Lipinski definition) is 8. The molecule has 43 heavy (non-hydrogen) atoms. The second kappa shape index (κ2) is 14.3. The number of allylic oxidation sites excluding steroid dienone is 1. The summed E-state index contributed by atoms with van der Waals surface area (Å²) in [5.41, 5.74) is 1.88. The number of ketones is 1. The van der Waals surface area contributed by atoms with Gasteiger partial charge in [0.05, 0.1) is 18.2 Å². The fourth-order valence-electron chi connectivity index (χ4n) is 4.60. The molecule has 3 aromatic carbocycles. The highest BCUT2D eigenvalue weighted by Crippen LogP contribution is 2.43. The van der Waals surface area contributed by atoms with Crippen LogP contribution in [0.5, 0.6) is 5.75 Å². The fourth-order valence-corrected chi connectivity index (χ4v) is 6.45. The number of aliphatic hydroxyl groups is 1. The fraction of sp³-hybridized carbons (Fsp3) is 0.212. The van der Waals surface area contributed by atoms with Gasteiger partial charge in [0.1, 0.15) is 11.6 Å². The van der Waals surface area contributed by atoms with Crippen molar-refractivity contribution in [3.8, 4) is 5.75 Å². The van der Waals surface area contributed by atoms with Gasteiger partial charge in [0, 0.05) is 5.75 Å². The molecule has 220 valence electrons. The van der Waals surface area contributed by atoms with Gasteiger partial charge >= 0.3 is 0 Å². The molecule has 4 aromatic rings. The number of unbranched alkanes of at least 4 members (excludes halogenated alkanes) is 2. The zero-order valence-electron chi connectivity index (χ0n) is 23.5. The Bertz CT molecular complexity index is 1640. The largest absolute Gasteiger partial charge is 0.503 e. The molecule has 1 aliphatic rings. The first kappa shape index (κ1) is 30.2. The molecule has 0 spiro atoms. The number of amides is 1. The Morgan fingerprint density at radius 1 is 1.05 bits per heavy atom. The first-order chi connectivity index (χ1) is 21.0. The van der Waals surface area contributed by atoms with E-state index < -0.39 is 23.5 Å². The molecule has 7 nitrogen and oxygen atoms in total. The van der Waals surface area contributed by atoms with Gasteiger partial charge in [-0.15, -0.1) is 10.2 Å². The molecule has 1 atom stereocenters. The van der Waals surface area contributed by atoms with Crippen LogP contribution in [0.25, 0.3) is 6.08 Å². The average molecular weight is 616 g/mol. The predicted octanol–water partition coefficient (Wildman–Crippen LogP) is 7.72. The molecule has 1 aliphatic heterocycles. The molecule has 1 amide bonds. The van der Waals surface area contributed by atoms with Gasteiger partial charge in [-0.3, -0.25) is 14.5 Å². The monoisotopic (exact) mass is 615 g/mol. The van der Waals surface area contributed by atoms with Gasteiger partial charge < -0.3 is 9.84 Å². The minimum Gasteiger partial charge on any atom is -0.503 e. The lowest BCUT2D eigenvalue weighted by atomic mass is 9.95.